The van der Waals surface area contributed by atoms with Gasteiger partial charge in [0.15, 0.2) is 0 Å². The number of piperidine rings is 1. The van der Waals surface area contributed by atoms with Crippen LogP contribution in [0.15, 0.2) is 6.07 Å². The molecule has 2 rings (SSSR count). The molecule has 0 aromatic carbocycles. The predicted octanol–water partition coefficient (Wildman–Crippen LogP) is 2.24. The molecule has 20 heavy (non-hydrogen) atoms. The van der Waals surface area contributed by atoms with Crippen molar-refractivity contribution in [3.05, 3.63) is 11.9 Å². The lowest BCUT2D eigenvalue weighted by Crippen LogP contribution is -2.37. The summed E-state index contributed by atoms with van der Waals surface area (Å²) in [6, 6.07) is 2.02. The zero-order valence-corrected chi connectivity index (χ0v) is 12.8. The fourth-order valence-corrected chi connectivity index (χ4v) is 2.57. The van der Waals surface area contributed by atoms with Gasteiger partial charge in [0, 0.05) is 38.2 Å². The van der Waals surface area contributed by atoms with Gasteiger partial charge in [0.1, 0.15) is 17.5 Å². The summed E-state index contributed by atoms with van der Waals surface area (Å²) in [4.78, 5) is 11.5. The second-order valence-corrected chi connectivity index (χ2v) is 5.79. The Morgan fingerprint density at radius 3 is 2.90 bits per heavy atom. The first-order valence-corrected chi connectivity index (χ1v) is 7.62. The third-order valence-corrected chi connectivity index (χ3v) is 3.71. The number of aliphatic hydroxyl groups excluding tert-OH is 1. The largest absolute Gasteiger partial charge is 0.396 e. The Hall–Kier alpha value is -1.36. The molecular formula is C15H26N4O. The number of nitrogens with zero attached hydrogens (tertiary/aromatic N) is 3. The fraction of sp³-hybridized carbons (Fsp3) is 0.733. The quantitative estimate of drug-likeness (QED) is 0.865. The molecule has 2 heterocycles. The van der Waals surface area contributed by atoms with Gasteiger partial charge in [-0.1, -0.05) is 13.8 Å². The average Bonchev–Trinajstić information content (AvgIpc) is 2.47. The van der Waals surface area contributed by atoms with Crippen LogP contribution in [0.4, 0.5) is 11.6 Å². The fourth-order valence-electron chi connectivity index (χ4n) is 2.57. The normalized spacial score (nSPS) is 19.4. The monoisotopic (exact) mass is 278 g/mol. The number of hydrogen-bond acceptors (Lipinski definition) is 5. The summed E-state index contributed by atoms with van der Waals surface area (Å²) in [6.45, 7) is 9.31. The summed E-state index contributed by atoms with van der Waals surface area (Å²) < 4.78 is 0. The molecule has 0 radical (unpaired) electrons. The molecular weight excluding hydrogens is 252 g/mol. The summed E-state index contributed by atoms with van der Waals surface area (Å²) in [5.41, 5.74) is 0. The van der Waals surface area contributed by atoms with Crippen LogP contribution in [0, 0.1) is 5.92 Å². The third-order valence-electron chi connectivity index (χ3n) is 3.71. The summed E-state index contributed by atoms with van der Waals surface area (Å²) in [5.74, 6) is 3.43. The highest BCUT2D eigenvalue weighted by atomic mass is 16.3. The Kier molecular flexibility index (Phi) is 5.17. The average molecular weight is 278 g/mol. The lowest BCUT2D eigenvalue weighted by molar-refractivity contribution is 0.208. The van der Waals surface area contributed by atoms with Crippen molar-refractivity contribution >= 4 is 11.6 Å². The lowest BCUT2D eigenvalue weighted by atomic mass is 9.99. The molecule has 0 bridgehead atoms. The van der Waals surface area contributed by atoms with Gasteiger partial charge in [-0.2, -0.15) is 0 Å². The summed E-state index contributed by atoms with van der Waals surface area (Å²) in [7, 11) is 0. The first kappa shape index (κ1) is 15.0. The second-order valence-electron chi connectivity index (χ2n) is 5.79. The van der Waals surface area contributed by atoms with E-state index in [9.17, 15) is 5.11 Å². The third kappa shape index (κ3) is 3.60. The van der Waals surface area contributed by atoms with Crippen LogP contribution in [0.2, 0.25) is 0 Å². The van der Waals surface area contributed by atoms with Crippen LogP contribution in [0.5, 0.6) is 0 Å². The molecule has 112 valence electrons. The van der Waals surface area contributed by atoms with E-state index in [0.717, 1.165) is 49.9 Å². The molecule has 2 N–H and O–H groups in total. The Morgan fingerprint density at radius 2 is 2.25 bits per heavy atom. The molecule has 1 aromatic heterocycles. The summed E-state index contributed by atoms with van der Waals surface area (Å²) in [6.07, 6.45) is 2.22. The van der Waals surface area contributed by atoms with Gasteiger partial charge in [0.25, 0.3) is 0 Å². The maximum Gasteiger partial charge on any atom is 0.135 e. The zero-order valence-electron chi connectivity index (χ0n) is 12.8. The van der Waals surface area contributed by atoms with Crippen molar-refractivity contribution in [2.24, 2.45) is 5.92 Å². The first-order valence-electron chi connectivity index (χ1n) is 7.62. The van der Waals surface area contributed by atoms with Gasteiger partial charge in [0.05, 0.1) is 0 Å². The minimum Gasteiger partial charge on any atom is -0.396 e. The topological polar surface area (TPSA) is 61.3 Å². The van der Waals surface area contributed by atoms with Crippen LogP contribution in [0.1, 0.15) is 45.4 Å². The molecule has 1 aromatic rings. The Bertz CT molecular complexity index is 436. The van der Waals surface area contributed by atoms with E-state index in [1.54, 1.807) is 0 Å². The maximum absolute atomic E-state index is 9.37. The molecule has 0 aliphatic carbocycles. The van der Waals surface area contributed by atoms with E-state index in [1.165, 1.54) is 0 Å². The lowest BCUT2D eigenvalue weighted by Gasteiger charge is -2.33. The molecule has 0 amide bonds. The van der Waals surface area contributed by atoms with Gasteiger partial charge < -0.3 is 15.3 Å². The standard InChI is InChI=1S/C15H26N4O/c1-4-16-13-8-14(18-15(17-13)11(2)3)19-7-5-6-12(9-19)10-20/h8,11-12,20H,4-7,9-10H2,1-3H3,(H,16,17,18). The minimum atomic E-state index is 0.263. The number of rotatable bonds is 5. The Balaban J connectivity index is 2.24. The smallest absolute Gasteiger partial charge is 0.135 e. The van der Waals surface area contributed by atoms with Crippen LogP contribution < -0.4 is 10.2 Å². The van der Waals surface area contributed by atoms with E-state index in [4.69, 9.17) is 4.98 Å². The van der Waals surface area contributed by atoms with Crippen molar-refractivity contribution in [2.45, 2.75) is 39.5 Å². The summed E-state index contributed by atoms with van der Waals surface area (Å²) >= 11 is 0. The molecule has 0 spiro atoms. The van der Waals surface area contributed by atoms with Gasteiger partial charge in [-0.25, -0.2) is 9.97 Å². The van der Waals surface area contributed by atoms with Gasteiger partial charge in [-0.15, -0.1) is 0 Å². The predicted molar refractivity (Wildman–Crippen MR) is 82.3 cm³/mol. The van der Waals surface area contributed by atoms with Crippen molar-refractivity contribution in [1.29, 1.82) is 0 Å². The molecule has 1 saturated heterocycles. The first-order chi connectivity index (χ1) is 9.63. The SMILES string of the molecule is CCNc1cc(N2CCCC(CO)C2)nc(C(C)C)n1. The van der Waals surface area contributed by atoms with E-state index >= 15 is 0 Å². The number of aromatic nitrogens is 2. The van der Waals surface area contributed by atoms with Crippen molar-refractivity contribution < 1.29 is 5.11 Å². The van der Waals surface area contributed by atoms with Gasteiger partial charge in [-0.05, 0) is 25.7 Å². The minimum absolute atomic E-state index is 0.263. The van der Waals surface area contributed by atoms with Crippen molar-refractivity contribution in [1.82, 2.24) is 9.97 Å². The number of hydrogen-bond donors (Lipinski definition) is 2. The van der Waals surface area contributed by atoms with E-state index in [2.05, 4.69) is 36.0 Å². The molecule has 5 heteroatoms. The van der Waals surface area contributed by atoms with Crippen molar-refractivity contribution in [2.75, 3.05) is 36.5 Å². The summed E-state index contributed by atoms with van der Waals surface area (Å²) in [5, 5.41) is 12.6. The highest BCUT2D eigenvalue weighted by Gasteiger charge is 2.21. The number of anilines is 2. The highest BCUT2D eigenvalue weighted by molar-refractivity contribution is 5.50. The van der Waals surface area contributed by atoms with E-state index in [1.807, 2.05) is 6.07 Å². The van der Waals surface area contributed by atoms with Crippen LogP contribution in [0.25, 0.3) is 0 Å². The molecule has 1 atom stereocenters. The van der Waals surface area contributed by atoms with Gasteiger partial charge >= 0.3 is 0 Å². The van der Waals surface area contributed by atoms with E-state index in [-0.39, 0.29) is 6.61 Å². The van der Waals surface area contributed by atoms with Gasteiger partial charge in [-0.3, -0.25) is 0 Å². The van der Waals surface area contributed by atoms with Crippen molar-refractivity contribution in [3.63, 3.8) is 0 Å². The molecule has 1 fully saturated rings. The van der Waals surface area contributed by atoms with E-state index in [0.29, 0.717) is 11.8 Å². The van der Waals surface area contributed by atoms with Crippen LogP contribution in [0.3, 0.4) is 0 Å². The van der Waals surface area contributed by atoms with Gasteiger partial charge in [0.2, 0.25) is 0 Å². The zero-order chi connectivity index (χ0) is 14.5. The Morgan fingerprint density at radius 1 is 1.45 bits per heavy atom. The number of aliphatic hydroxyl groups is 1. The molecule has 5 nitrogen and oxygen atoms in total. The Labute approximate surface area is 121 Å². The van der Waals surface area contributed by atoms with Crippen LogP contribution in [-0.2, 0) is 0 Å². The number of nitrogens with one attached hydrogen (secondary N) is 1. The van der Waals surface area contributed by atoms with Crippen molar-refractivity contribution in [3.8, 4) is 0 Å². The van der Waals surface area contributed by atoms with Crippen LogP contribution in [-0.4, -0.2) is 41.3 Å². The molecule has 1 aliphatic rings. The highest BCUT2D eigenvalue weighted by Crippen LogP contribution is 2.25. The molecule has 1 unspecified atom stereocenters. The molecule has 0 saturated carbocycles. The van der Waals surface area contributed by atoms with Crippen LogP contribution >= 0.6 is 0 Å². The second kappa shape index (κ2) is 6.88. The van der Waals surface area contributed by atoms with E-state index < -0.39 is 0 Å². The maximum atomic E-state index is 9.37. The molecule has 1 aliphatic heterocycles.